The molecule has 1 N–H and O–H groups in total. The Labute approximate surface area is 139 Å². The summed E-state index contributed by atoms with van der Waals surface area (Å²) in [5.74, 6) is 0.999. The number of likely N-dealkylation sites (N-methyl/N-ethyl adjacent to an activating group) is 1. The summed E-state index contributed by atoms with van der Waals surface area (Å²) in [5.41, 5.74) is 1.15. The summed E-state index contributed by atoms with van der Waals surface area (Å²) < 4.78 is 2.96. The van der Waals surface area contributed by atoms with Gasteiger partial charge in [-0.05, 0) is 36.7 Å². The quantitative estimate of drug-likeness (QED) is 0.800. The molecule has 1 atom stereocenters. The molecule has 0 aliphatic heterocycles. The molecule has 0 spiro atoms. The molecule has 0 fully saturated rings. The van der Waals surface area contributed by atoms with E-state index in [2.05, 4.69) is 51.2 Å². The number of hydrogen-bond donors (Lipinski definition) is 1. The van der Waals surface area contributed by atoms with Crippen LogP contribution >= 0.6 is 27.5 Å². The van der Waals surface area contributed by atoms with Crippen LogP contribution in [-0.4, -0.2) is 21.3 Å². The van der Waals surface area contributed by atoms with Crippen molar-refractivity contribution >= 4 is 27.5 Å². The Morgan fingerprint density at radius 3 is 2.81 bits per heavy atom. The van der Waals surface area contributed by atoms with Gasteiger partial charge >= 0.3 is 0 Å². The number of nitrogens with one attached hydrogen (secondary N) is 1. The molecule has 6 heteroatoms. The van der Waals surface area contributed by atoms with Gasteiger partial charge in [0.1, 0.15) is 12.2 Å². The van der Waals surface area contributed by atoms with Gasteiger partial charge in [-0.15, -0.1) is 0 Å². The van der Waals surface area contributed by atoms with Crippen molar-refractivity contribution in [2.45, 2.75) is 39.3 Å². The third-order valence-corrected chi connectivity index (χ3v) is 3.93. The lowest BCUT2D eigenvalue weighted by Gasteiger charge is -2.19. The molecule has 0 saturated carbocycles. The summed E-state index contributed by atoms with van der Waals surface area (Å²) in [4.78, 5) is 4.39. The van der Waals surface area contributed by atoms with E-state index in [-0.39, 0.29) is 6.04 Å². The Kier molecular flexibility index (Phi) is 6.21. The van der Waals surface area contributed by atoms with Crippen LogP contribution in [0.25, 0.3) is 0 Å². The van der Waals surface area contributed by atoms with Crippen LogP contribution in [0.3, 0.4) is 0 Å². The first-order valence-electron chi connectivity index (χ1n) is 7.20. The van der Waals surface area contributed by atoms with Gasteiger partial charge in [-0.2, -0.15) is 5.10 Å². The van der Waals surface area contributed by atoms with Gasteiger partial charge in [-0.1, -0.05) is 41.4 Å². The summed E-state index contributed by atoms with van der Waals surface area (Å²) in [5, 5.41) is 8.52. The smallest absolute Gasteiger partial charge is 0.138 e. The van der Waals surface area contributed by atoms with Crippen LogP contribution in [-0.2, 0) is 13.0 Å². The van der Waals surface area contributed by atoms with Gasteiger partial charge in [0, 0.05) is 28.5 Å². The van der Waals surface area contributed by atoms with Gasteiger partial charge < -0.3 is 5.32 Å². The van der Waals surface area contributed by atoms with Crippen molar-refractivity contribution in [1.82, 2.24) is 20.1 Å². The summed E-state index contributed by atoms with van der Waals surface area (Å²) in [6, 6.07) is 6.16. The first kappa shape index (κ1) is 16.5. The molecular weight excluding hydrogens is 352 g/mol. The molecule has 0 aliphatic rings. The normalized spacial score (nSPS) is 12.6. The highest BCUT2D eigenvalue weighted by atomic mass is 79.9. The molecule has 4 nitrogen and oxygen atoms in total. The first-order valence-corrected chi connectivity index (χ1v) is 8.37. The number of benzene rings is 1. The highest BCUT2D eigenvalue weighted by Crippen LogP contribution is 2.25. The summed E-state index contributed by atoms with van der Waals surface area (Å²) >= 11 is 9.67. The van der Waals surface area contributed by atoms with Gasteiger partial charge in [0.05, 0.1) is 0 Å². The Hall–Kier alpha value is -0.910. The zero-order valence-electron chi connectivity index (χ0n) is 12.3. The number of hydrogen-bond acceptors (Lipinski definition) is 3. The maximum absolute atomic E-state index is 6.17. The van der Waals surface area contributed by atoms with Crippen LogP contribution in [0.1, 0.15) is 37.7 Å². The van der Waals surface area contributed by atoms with E-state index in [0.29, 0.717) is 0 Å². The lowest BCUT2D eigenvalue weighted by Crippen LogP contribution is -2.24. The van der Waals surface area contributed by atoms with Gasteiger partial charge in [0.25, 0.3) is 0 Å². The van der Waals surface area contributed by atoms with E-state index in [1.54, 1.807) is 6.33 Å². The maximum atomic E-state index is 6.17. The van der Waals surface area contributed by atoms with Crippen molar-refractivity contribution in [2.24, 2.45) is 0 Å². The minimum Gasteiger partial charge on any atom is -0.310 e. The van der Waals surface area contributed by atoms with Gasteiger partial charge in [0.2, 0.25) is 0 Å². The van der Waals surface area contributed by atoms with Crippen LogP contribution in [0.15, 0.2) is 29.0 Å². The van der Waals surface area contributed by atoms with Crippen LogP contribution in [0.2, 0.25) is 5.02 Å². The van der Waals surface area contributed by atoms with Crippen molar-refractivity contribution < 1.29 is 0 Å². The molecule has 0 aliphatic carbocycles. The Bertz CT molecular complexity index is 565. The fourth-order valence-electron chi connectivity index (χ4n) is 2.36. The molecule has 1 aromatic heterocycles. The molecule has 0 bridgehead atoms. The third kappa shape index (κ3) is 4.53. The first-order chi connectivity index (χ1) is 10.1. The number of rotatable bonds is 7. The van der Waals surface area contributed by atoms with Crippen LogP contribution in [0, 0.1) is 0 Å². The van der Waals surface area contributed by atoms with Crippen molar-refractivity contribution in [1.29, 1.82) is 0 Å². The van der Waals surface area contributed by atoms with E-state index in [1.165, 1.54) is 0 Å². The predicted molar refractivity (Wildman–Crippen MR) is 89.6 cm³/mol. The number of aryl methyl sites for hydroxylation is 1. The van der Waals surface area contributed by atoms with E-state index in [0.717, 1.165) is 46.8 Å². The maximum Gasteiger partial charge on any atom is 0.138 e. The van der Waals surface area contributed by atoms with Crippen molar-refractivity contribution in [3.63, 3.8) is 0 Å². The Morgan fingerprint density at radius 1 is 1.33 bits per heavy atom. The standard InChI is InChI=1S/C15H20BrClN4/c1-3-5-21-15(19-10-20-21)9-14(18-4-2)11-6-12(16)8-13(17)7-11/h6-8,10,14,18H,3-5,9H2,1-2H3. The molecule has 2 rings (SSSR count). The lowest BCUT2D eigenvalue weighted by atomic mass is 10.0. The zero-order valence-corrected chi connectivity index (χ0v) is 14.7. The Morgan fingerprint density at radius 2 is 2.14 bits per heavy atom. The van der Waals surface area contributed by atoms with E-state index in [9.17, 15) is 0 Å². The van der Waals surface area contributed by atoms with Crippen LogP contribution in [0.5, 0.6) is 0 Å². The second kappa shape index (κ2) is 7.92. The van der Waals surface area contributed by atoms with Crippen LogP contribution < -0.4 is 5.32 Å². The van der Waals surface area contributed by atoms with E-state index >= 15 is 0 Å². The minimum absolute atomic E-state index is 0.171. The molecule has 1 aromatic carbocycles. The fourth-order valence-corrected chi connectivity index (χ4v) is 3.24. The average molecular weight is 372 g/mol. The van der Waals surface area contributed by atoms with Gasteiger partial charge in [-0.25, -0.2) is 4.98 Å². The van der Waals surface area contributed by atoms with Crippen molar-refractivity contribution in [3.8, 4) is 0 Å². The average Bonchev–Trinajstić information content (AvgIpc) is 2.85. The van der Waals surface area contributed by atoms with Crippen molar-refractivity contribution in [3.05, 3.63) is 45.4 Å². The molecule has 21 heavy (non-hydrogen) atoms. The predicted octanol–water partition coefficient (Wildman–Crippen LogP) is 4.00. The second-order valence-corrected chi connectivity index (χ2v) is 6.27. The van der Waals surface area contributed by atoms with E-state index in [4.69, 9.17) is 11.6 Å². The minimum atomic E-state index is 0.171. The lowest BCUT2D eigenvalue weighted by molar-refractivity contribution is 0.498. The monoisotopic (exact) mass is 370 g/mol. The third-order valence-electron chi connectivity index (χ3n) is 3.26. The highest BCUT2D eigenvalue weighted by Gasteiger charge is 2.16. The number of nitrogens with zero attached hydrogens (tertiary/aromatic N) is 3. The highest BCUT2D eigenvalue weighted by molar-refractivity contribution is 9.10. The van der Waals surface area contributed by atoms with Crippen LogP contribution in [0.4, 0.5) is 0 Å². The topological polar surface area (TPSA) is 42.7 Å². The summed E-state index contributed by atoms with van der Waals surface area (Å²) in [6.45, 7) is 6.02. The molecule has 1 heterocycles. The molecule has 0 amide bonds. The Balaban J connectivity index is 2.24. The molecule has 114 valence electrons. The molecule has 0 saturated heterocycles. The fraction of sp³-hybridized carbons (Fsp3) is 0.467. The molecule has 2 aromatic rings. The number of halogens is 2. The van der Waals surface area contributed by atoms with E-state index < -0.39 is 0 Å². The molecule has 0 radical (unpaired) electrons. The second-order valence-electron chi connectivity index (χ2n) is 4.92. The SMILES string of the molecule is CCCn1ncnc1CC(NCC)c1cc(Cl)cc(Br)c1. The molecule has 1 unspecified atom stereocenters. The van der Waals surface area contributed by atoms with Gasteiger partial charge in [-0.3, -0.25) is 4.68 Å². The number of aromatic nitrogens is 3. The van der Waals surface area contributed by atoms with Gasteiger partial charge in [0.15, 0.2) is 0 Å². The van der Waals surface area contributed by atoms with Crippen molar-refractivity contribution in [2.75, 3.05) is 6.54 Å². The largest absolute Gasteiger partial charge is 0.310 e. The summed E-state index contributed by atoms with van der Waals surface area (Å²) in [7, 11) is 0. The van der Waals surface area contributed by atoms with E-state index in [1.807, 2.05) is 16.8 Å². The summed E-state index contributed by atoms with van der Waals surface area (Å²) in [6.07, 6.45) is 3.47. The molecular formula is C15H20BrClN4. The zero-order chi connectivity index (χ0) is 15.2.